The van der Waals surface area contributed by atoms with Crippen molar-refractivity contribution in [1.29, 1.82) is 0 Å². The molecule has 7 heteroatoms. The summed E-state index contributed by atoms with van der Waals surface area (Å²) in [5.74, 6) is -0.0812. The Hall–Kier alpha value is -2.67. The van der Waals surface area contributed by atoms with Gasteiger partial charge in [-0.05, 0) is 36.4 Å². The molecule has 0 aromatic heterocycles. The van der Waals surface area contributed by atoms with Crippen molar-refractivity contribution in [2.45, 2.75) is 11.8 Å². The number of carbonyl (C=O) groups is 2. The molecule has 2 aromatic rings. The second-order valence-corrected chi connectivity index (χ2v) is 6.69. The first-order valence-corrected chi connectivity index (χ1v) is 8.95. The van der Waals surface area contributed by atoms with Crippen molar-refractivity contribution in [1.82, 2.24) is 0 Å². The summed E-state index contributed by atoms with van der Waals surface area (Å²) >= 11 is 0. The van der Waals surface area contributed by atoms with E-state index in [-0.39, 0.29) is 5.56 Å². The molecule has 1 amide bonds. The van der Waals surface area contributed by atoms with Crippen molar-refractivity contribution >= 4 is 28.4 Å². The van der Waals surface area contributed by atoms with Crippen molar-refractivity contribution < 1.29 is 23.3 Å². The van der Waals surface area contributed by atoms with Gasteiger partial charge in [-0.1, -0.05) is 19.1 Å². The fraction of sp³-hybridized carbons (Fsp3) is 0.222. The van der Waals surface area contributed by atoms with Crippen LogP contribution in [0, 0.1) is 0 Å². The van der Waals surface area contributed by atoms with E-state index in [9.17, 15) is 13.8 Å². The van der Waals surface area contributed by atoms with Crippen LogP contribution < -0.4 is 10.1 Å². The van der Waals surface area contributed by atoms with E-state index in [4.69, 9.17) is 9.47 Å². The maximum atomic E-state index is 12.2. The maximum absolute atomic E-state index is 12.2. The molecule has 0 spiro atoms. The molecule has 1 atom stereocenters. The lowest BCUT2D eigenvalue weighted by molar-refractivity contribution is -0.119. The number of esters is 1. The predicted molar refractivity (Wildman–Crippen MR) is 95.3 cm³/mol. The molecule has 132 valence electrons. The molecule has 0 fully saturated rings. The minimum absolute atomic E-state index is 0.208. The maximum Gasteiger partial charge on any atom is 0.339 e. The molecule has 6 nitrogen and oxygen atoms in total. The highest BCUT2D eigenvalue weighted by molar-refractivity contribution is 7.85. The Labute approximate surface area is 148 Å². The Balaban J connectivity index is 1.95. The van der Waals surface area contributed by atoms with Gasteiger partial charge in [0, 0.05) is 11.4 Å². The van der Waals surface area contributed by atoms with Crippen molar-refractivity contribution in [2.75, 3.05) is 24.8 Å². The Kier molecular flexibility index (Phi) is 6.71. The van der Waals surface area contributed by atoms with E-state index in [0.717, 1.165) is 0 Å². The van der Waals surface area contributed by atoms with Crippen LogP contribution in [0.4, 0.5) is 5.69 Å². The third-order valence-corrected chi connectivity index (χ3v) is 4.69. The van der Waals surface area contributed by atoms with Crippen molar-refractivity contribution in [3.63, 3.8) is 0 Å². The second-order valence-electron chi connectivity index (χ2n) is 4.98. The van der Waals surface area contributed by atoms with E-state index in [0.29, 0.717) is 22.1 Å². The molecule has 2 aromatic carbocycles. The summed E-state index contributed by atoms with van der Waals surface area (Å²) in [5.41, 5.74) is 0.772. The van der Waals surface area contributed by atoms with Crippen LogP contribution in [0.5, 0.6) is 5.75 Å². The fourth-order valence-electron chi connectivity index (χ4n) is 2.07. The normalized spacial score (nSPS) is 11.4. The van der Waals surface area contributed by atoms with Crippen LogP contribution in [-0.4, -0.2) is 35.6 Å². The zero-order chi connectivity index (χ0) is 18.2. The van der Waals surface area contributed by atoms with Crippen molar-refractivity contribution in [3.8, 4) is 5.75 Å². The number of rotatable bonds is 7. The molecule has 0 bridgehead atoms. The van der Waals surface area contributed by atoms with Gasteiger partial charge in [0.1, 0.15) is 5.75 Å². The molecule has 25 heavy (non-hydrogen) atoms. The molecule has 0 unspecified atom stereocenters. The highest BCUT2D eigenvalue weighted by Gasteiger charge is 2.17. The molecule has 0 aliphatic carbocycles. The number of hydrogen-bond acceptors (Lipinski definition) is 5. The Morgan fingerprint density at radius 2 is 1.76 bits per heavy atom. The standard InChI is InChI=1S/C18H19NO5S/c1-3-25(22)16-7-5-4-6-15(16)18(21)24-12-17(20)19-13-8-10-14(23-2)11-9-13/h4-11H,3,12H2,1-2H3,(H,19,20)/t25-/m0/s1. The third kappa shape index (κ3) is 5.15. The number of benzene rings is 2. The first kappa shape index (κ1) is 18.7. The van der Waals surface area contributed by atoms with Gasteiger partial charge >= 0.3 is 5.97 Å². The van der Waals surface area contributed by atoms with Gasteiger partial charge in [0.15, 0.2) is 6.61 Å². The molecule has 0 aliphatic rings. The van der Waals surface area contributed by atoms with E-state index in [2.05, 4.69) is 5.32 Å². The molecule has 0 heterocycles. The minimum Gasteiger partial charge on any atom is -0.497 e. The monoisotopic (exact) mass is 361 g/mol. The van der Waals surface area contributed by atoms with Crippen molar-refractivity contribution in [2.24, 2.45) is 0 Å². The highest BCUT2D eigenvalue weighted by Crippen LogP contribution is 2.16. The number of nitrogens with one attached hydrogen (secondary N) is 1. The van der Waals surface area contributed by atoms with Crippen LogP contribution in [0.1, 0.15) is 17.3 Å². The first-order chi connectivity index (χ1) is 12.0. The number of methoxy groups -OCH3 is 1. The molecule has 2 rings (SSSR count). The van der Waals surface area contributed by atoms with E-state index in [1.165, 1.54) is 6.07 Å². The van der Waals surface area contributed by atoms with Crippen LogP contribution in [0.25, 0.3) is 0 Å². The molecule has 0 saturated heterocycles. The molecule has 0 saturated carbocycles. The number of carbonyl (C=O) groups excluding carboxylic acids is 2. The van der Waals surface area contributed by atoms with Gasteiger partial charge in [-0.3, -0.25) is 9.00 Å². The summed E-state index contributed by atoms with van der Waals surface area (Å²) in [5, 5.41) is 2.62. The topological polar surface area (TPSA) is 81.7 Å². The number of ether oxygens (including phenoxy) is 2. The summed E-state index contributed by atoms with van der Waals surface area (Å²) < 4.78 is 22.1. The summed E-state index contributed by atoms with van der Waals surface area (Å²) in [6.07, 6.45) is 0. The average molecular weight is 361 g/mol. The quantitative estimate of drug-likeness (QED) is 0.767. The van der Waals surface area contributed by atoms with Crippen LogP contribution in [-0.2, 0) is 20.3 Å². The molecular formula is C18H19NO5S. The lowest BCUT2D eigenvalue weighted by Gasteiger charge is -2.09. The highest BCUT2D eigenvalue weighted by atomic mass is 32.2. The molecular weight excluding hydrogens is 342 g/mol. The Morgan fingerprint density at radius 1 is 1.08 bits per heavy atom. The van der Waals surface area contributed by atoms with E-state index >= 15 is 0 Å². The lowest BCUT2D eigenvalue weighted by Crippen LogP contribution is -2.21. The van der Waals surface area contributed by atoms with Crippen LogP contribution in [0.2, 0.25) is 0 Å². The fourth-order valence-corrected chi connectivity index (χ4v) is 3.01. The molecule has 0 aliphatic heterocycles. The van der Waals surface area contributed by atoms with E-state index < -0.39 is 29.3 Å². The number of anilines is 1. The van der Waals surface area contributed by atoms with Crippen LogP contribution >= 0.6 is 0 Å². The first-order valence-electron chi connectivity index (χ1n) is 7.63. The van der Waals surface area contributed by atoms with E-state index in [1.807, 2.05) is 0 Å². The van der Waals surface area contributed by atoms with E-state index in [1.54, 1.807) is 56.5 Å². The Bertz CT molecular complexity index is 773. The molecule has 1 N–H and O–H groups in total. The SMILES string of the molecule is CC[S@](=O)c1ccccc1C(=O)OCC(=O)Nc1ccc(OC)cc1. The summed E-state index contributed by atoms with van der Waals surface area (Å²) in [4.78, 5) is 24.5. The van der Waals surface area contributed by atoms with Gasteiger partial charge in [-0.25, -0.2) is 4.79 Å². The summed E-state index contributed by atoms with van der Waals surface area (Å²) in [6.45, 7) is 1.33. The Morgan fingerprint density at radius 3 is 2.40 bits per heavy atom. The van der Waals surface area contributed by atoms with Gasteiger partial charge in [0.05, 0.1) is 28.4 Å². The van der Waals surface area contributed by atoms with Crippen LogP contribution in [0.3, 0.4) is 0 Å². The minimum atomic E-state index is -1.28. The van der Waals surface area contributed by atoms with Gasteiger partial charge in [-0.15, -0.1) is 0 Å². The van der Waals surface area contributed by atoms with Gasteiger partial charge in [0.2, 0.25) is 0 Å². The van der Waals surface area contributed by atoms with Gasteiger partial charge in [-0.2, -0.15) is 0 Å². The number of amides is 1. The third-order valence-electron chi connectivity index (χ3n) is 3.32. The number of hydrogen-bond donors (Lipinski definition) is 1. The largest absolute Gasteiger partial charge is 0.497 e. The summed E-state index contributed by atoms with van der Waals surface area (Å²) in [7, 11) is 0.267. The smallest absolute Gasteiger partial charge is 0.339 e. The zero-order valence-electron chi connectivity index (χ0n) is 14.0. The average Bonchev–Trinajstić information content (AvgIpc) is 2.66. The summed E-state index contributed by atoms with van der Waals surface area (Å²) in [6, 6.07) is 13.3. The van der Waals surface area contributed by atoms with Gasteiger partial charge in [0.25, 0.3) is 5.91 Å². The van der Waals surface area contributed by atoms with Crippen LogP contribution in [0.15, 0.2) is 53.4 Å². The van der Waals surface area contributed by atoms with Gasteiger partial charge < -0.3 is 14.8 Å². The zero-order valence-corrected chi connectivity index (χ0v) is 14.8. The lowest BCUT2D eigenvalue weighted by atomic mass is 10.2. The second kappa shape index (κ2) is 8.98. The molecule has 0 radical (unpaired) electrons. The predicted octanol–water partition coefficient (Wildman–Crippen LogP) is 2.62. The van der Waals surface area contributed by atoms with Crippen molar-refractivity contribution in [3.05, 3.63) is 54.1 Å².